The first-order valence-corrected chi connectivity index (χ1v) is 13.9. The number of likely N-dealkylation sites (tertiary alicyclic amines) is 1. The second-order valence-electron chi connectivity index (χ2n) is 11.4. The minimum absolute atomic E-state index is 0.0760. The van der Waals surface area contributed by atoms with E-state index in [0.717, 1.165) is 11.1 Å². The van der Waals surface area contributed by atoms with Gasteiger partial charge in [-0.15, -0.1) is 0 Å². The van der Waals surface area contributed by atoms with Crippen LogP contribution in [-0.2, 0) is 47.1 Å². The molecular weight excluding hydrogens is 556 g/mol. The predicted octanol–water partition coefficient (Wildman–Crippen LogP) is 3.25. The number of methoxy groups -OCH3 is 2. The molecule has 228 valence electrons. The minimum Gasteiger partial charge on any atom is -0.497 e. The Morgan fingerprint density at radius 1 is 1.00 bits per heavy atom. The molecule has 0 aliphatic carbocycles. The number of carbonyl (C=O) groups excluding carboxylic acids is 3. The molecule has 13 heteroatoms. The summed E-state index contributed by atoms with van der Waals surface area (Å²) in [5, 5.41) is 11.9. The number of rotatable bonds is 9. The molecule has 2 atom stereocenters. The molecule has 3 amide bonds. The minimum atomic E-state index is -0.841. The highest BCUT2D eigenvalue weighted by Crippen LogP contribution is 2.31. The van der Waals surface area contributed by atoms with E-state index in [-0.39, 0.29) is 38.7 Å². The van der Waals surface area contributed by atoms with Gasteiger partial charge in [-0.25, -0.2) is 9.59 Å². The second-order valence-corrected chi connectivity index (χ2v) is 11.4. The van der Waals surface area contributed by atoms with Gasteiger partial charge in [0.15, 0.2) is 0 Å². The summed E-state index contributed by atoms with van der Waals surface area (Å²) in [6.07, 6.45) is -1.13. The smallest absolute Gasteiger partial charge is 0.411 e. The van der Waals surface area contributed by atoms with Crippen molar-refractivity contribution in [2.45, 2.75) is 71.2 Å². The number of carbonyl (C=O) groups is 3. The number of ether oxygens (including phenoxy) is 4. The Bertz CT molecular complexity index is 1460. The molecule has 2 aromatic carbocycles. The van der Waals surface area contributed by atoms with E-state index in [1.807, 2.05) is 57.2 Å². The standard InChI is InChI=1S/C30H36N6O7/c1-30(2,3)43-29(39)34-15-22-23(16-34)33-36(32-22)17-24-26(31-28(38)42-18-19-9-7-6-8-10-19)27(37)35(24)14-20-11-12-21(40-4)13-25(20)41-5/h6-13,24,26H,14-18H2,1-5H3,(H,31,38)/t24-,26+/m1/s1. The molecule has 3 aromatic rings. The van der Waals surface area contributed by atoms with Gasteiger partial charge >= 0.3 is 12.2 Å². The molecule has 5 rings (SSSR count). The number of amides is 3. The lowest BCUT2D eigenvalue weighted by Crippen LogP contribution is -2.71. The lowest BCUT2D eigenvalue weighted by Gasteiger charge is -2.46. The van der Waals surface area contributed by atoms with Gasteiger partial charge in [0, 0.05) is 18.2 Å². The molecule has 1 aromatic heterocycles. The Labute approximate surface area is 249 Å². The van der Waals surface area contributed by atoms with Gasteiger partial charge in [-0.05, 0) is 38.5 Å². The SMILES string of the molecule is COc1ccc(CN2C(=O)[C@@H](NC(=O)OCc3ccccc3)[C@H]2Cn2nc3c(n2)CN(C(=O)OC(C)(C)C)C3)c(OC)c1. The van der Waals surface area contributed by atoms with Crippen LogP contribution in [0.25, 0.3) is 0 Å². The number of β-lactam (4-membered cyclic amide) rings is 1. The molecule has 2 aliphatic heterocycles. The second kappa shape index (κ2) is 12.2. The zero-order valence-corrected chi connectivity index (χ0v) is 24.9. The van der Waals surface area contributed by atoms with Crippen LogP contribution in [0.3, 0.4) is 0 Å². The van der Waals surface area contributed by atoms with Crippen LogP contribution in [0.2, 0.25) is 0 Å². The molecule has 2 aliphatic rings. The molecule has 1 N–H and O–H groups in total. The van der Waals surface area contributed by atoms with E-state index in [1.165, 1.54) is 4.80 Å². The van der Waals surface area contributed by atoms with Crippen molar-refractivity contribution in [1.82, 2.24) is 30.1 Å². The zero-order chi connectivity index (χ0) is 30.7. The predicted molar refractivity (Wildman–Crippen MR) is 153 cm³/mol. The maximum Gasteiger partial charge on any atom is 0.411 e. The van der Waals surface area contributed by atoms with Crippen LogP contribution in [0.4, 0.5) is 9.59 Å². The summed E-state index contributed by atoms with van der Waals surface area (Å²) in [4.78, 5) is 43.2. The van der Waals surface area contributed by atoms with E-state index in [9.17, 15) is 14.4 Å². The lowest BCUT2D eigenvalue weighted by atomic mass is 9.94. The number of alkyl carbamates (subject to hydrolysis) is 1. The van der Waals surface area contributed by atoms with E-state index in [0.29, 0.717) is 22.9 Å². The average Bonchev–Trinajstić information content (AvgIpc) is 3.56. The molecule has 3 heterocycles. The fourth-order valence-electron chi connectivity index (χ4n) is 5.00. The van der Waals surface area contributed by atoms with Crippen molar-refractivity contribution < 1.29 is 33.3 Å². The van der Waals surface area contributed by atoms with Crippen molar-refractivity contribution in [3.8, 4) is 11.5 Å². The number of aromatic nitrogens is 3. The third kappa shape index (κ3) is 6.82. The van der Waals surface area contributed by atoms with Crippen LogP contribution in [0.15, 0.2) is 48.5 Å². The topological polar surface area (TPSA) is 137 Å². The first-order chi connectivity index (χ1) is 20.5. The van der Waals surface area contributed by atoms with Crippen molar-refractivity contribution in [3.63, 3.8) is 0 Å². The van der Waals surface area contributed by atoms with Crippen molar-refractivity contribution in [3.05, 3.63) is 71.0 Å². The van der Waals surface area contributed by atoms with Gasteiger partial charge in [-0.1, -0.05) is 30.3 Å². The summed E-state index contributed by atoms with van der Waals surface area (Å²) in [6.45, 7) is 6.51. The molecule has 0 saturated carbocycles. The highest BCUT2D eigenvalue weighted by atomic mass is 16.6. The summed E-state index contributed by atoms with van der Waals surface area (Å²) in [5.74, 6) is 0.932. The van der Waals surface area contributed by atoms with Gasteiger partial charge in [0.25, 0.3) is 0 Å². The number of hydrogen-bond acceptors (Lipinski definition) is 9. The molecule has 0 unspecified atom stereocenters. The van der Waals surface area contributed by atoms with Crippen LogP contribution < -0.4 is 14.8 Å². The van der Waals surface area contributed by atoms with Crippen LogP contribution in [-0.4, -0.2) is 74.8 Å². The Morgan fingerprint density at radius 3 is 2.33 bits per heavy atom. The van der Waals surface area contributed by atoms with Crippen molar-refractivity contribution in [2.24, 2.45) is 0 Å². The maximum atomic E-state index is 13.4. The summed E-state index contributed by atoms with van der Waals surface area (Å²) in [7, 11) is 3.12. The summed E-state index contributed by atoms with van der Waals surface area (Å²) >= 11 is 0. The van der Waals surface area contributed by atoms with E-state index in [1.54, 1.807) is 36.2 Å². The third-order valence-electron chi connectivity index (χ3n) is 7.14. The Balaban J connectivity index is 1.29. The Hall–Kier alpha value is -4.81. The molecule has 1 fully saturated rings. The van der Waals surface area contributed by atoms with E-state index >= 15 is 0 Å². The molecule has 0 radical (unpaired) electrons. The third-order valence-corrected chi connectivity index (χ3v) is 7.14. The Kier molecular flexibility index (Phi) is 8.42. The largest absolute Gasteiger partial charge is 0.497 e. The highest BCUT2D eigenvalue weighted by Gasteiger charge is 2.49. The molecular formula is C30H36N6O7. The van der Waals surface area contributed by atoms with Gasteiger partial charge in [0.2, 0.25) is 5.91 Å². The number of hydrogen-bond donors (Lipinski definition) is 1. The van der Waals surface area contributed by atoms with Crippen LogP contribution >= 0.6 is 0 Å². The van der Waals surface area contributed by atoms with Crippen LogP contribution in [0.1, 0.15) is 43.3 Å². The van der Waals surface area contributed by atoms with Crippen LogP contribution in [0, 0.1) is 0 Å². The first-order valence-electron chi connectivity index (χ1n) is 13.9. The van der Waals surface area contributed by atoms with Gasteiger partial charge in [0.05, 0.1) is 39.9 Å². The highest BCUT2D eigenvalue weighted by molar-refractivity contribution is 5.92. The molecule has 13 nitrogen and oxygen atoms in total. The molecule has 1 saturated heterocycles. The zero-order valence-electron chi connectivity index (χ0n) is 24.9. The van der Waals surface area contributed by atoms with Crippen molar-refractivity contribution in [2.75, 3.05) is 14.2 Å². The molecule has 0 spiro atoms. The molecule has 0 bridgehead atoms. The number of nitrogens with zero attached hydrogens (tertiary/aromatic N) is 5. The monoisotopic (exact) mass is 592 g/mol. The van der Waals surface area contributed by atoms with Gasteiger partial charge in [0.1, 0.15) is 41.1 Å². The fraction of sp³-hybridized carbons (Fsp3) is 0.433. The number of fused-ring (bicyclic) bond motifs is 1. The van der Waals surface area contributed by atoms with E-state index < -0.39 is 29.9 Å². The molecule has 43 heavy (non-hydrogen) atoms. The fourth-order valence-corrected chi connectivity index (χ4v) is 5.00. The van der Waals surface area contributed by atoms with E-state index in [4.69, 9.17) is 18.9 Å². The van der Waals surface area contributed by atoms with Gasteiger partial charge < -0.3 is 29.2 Å². The Morgan fingerprint density at radius 2 is 1.70 bits per heavy atom. The normalized spacial score (nSPS) is 17.7. The average molecular weight is 593 g/mol. The first kappa shape index (κ1) is 29.7. The van der Waals surface area contributed by atoms with Gasteiger partial charge in [-0.3, -0.25) is 9.69 Å². The van der Waals surface area contributed by atoms with Crippen LogP contribution in [0.5, 0.6) is 11.5 Å². The van der Waals surface area contributed by atoms with Crippen molar-refractivity contribution in [1.29, 1.82) is 0 Å². The maximum absolute atomic E-state index is 13.4. The lowest BCUT2D eigenvalue weighted by molar-refractivity contribution is -0.153. The summed E-state index contributed by atoms with van der Waals surface area (Å²) in [6, 6.07) is 13.4. The number of benzene rings is 2. The number of nitrogens with one attached hydrogen (secondary N) is 1. The summed E-state index contributed by atoms with van der Waals surface area (Å²) < 4.78 is 21.7. The van der Waals surface area contributed by atoms with E-state index in [2.05, 4.69) is 15.5 Å². The summed E-state index contributed by atoms with van der Waals surface area (Å²) in [5.41, 5.74) is 2.31. The van der Waals surface area contributed by atoms with Gasteiger partial charge in [-0.2, -0.15) is 15.0 Å². The van der Waals surface area contributed by atoms with Crippen molar-refractivity contribution >= 4 is 18.1 Å². The quantitative estimate of drug-likeness (QED) is 0.371.